The topological polar surface area (TPSA) is 54.9 Å². The van der Waals surface area contributed by atoms with Crippen LogP contribution < -0.4 is 5.32 Å². The number of carbonyl (C=O) groups excluding carboxylic acids is 1. The summed E-state index contributed by atoms with van der Waals surface area (Å²) in [4.78, 5) is 22.3. The van der Waals surface area contributed by atoms with Crippen molar-refractivity contribution in [1.29, 1.82) is 0 Å². The molecular formula is C23H21N3OS. The number of fused-ring (bicyclic) bond motifs is 1. The number of para-hydroxylation sites is 1. The fraction of sp³-hybridized carbons (Fsp3) is 0.174. The molecule has 0 aliphatic rings. The highest BCUT2D eigenvalue weighted by molar-refractivity contribution is 7.18. The molecule has 1 N–H and O–H groups in total. The predicted octanol–water partition coefficient (Wildman–Crippen LogP) is 4.51. The lowest BCUT2D eigenvalue weighted by Crippen LogP contribution is -2.43. The predicted molar refractivity (Wildman–Crippen MR) is 113 cm³/mol. The molecule has 1 amide bonds. The zero-order chi connectivity index (χ0) is 19.4. The fourth-order valence-electron chi connectivity index (χ4n) is 3.29. The first kappa shape index (κ1) is 18.3. The Hall–Kier alpha value is -3.05. The van der Waals surface area contributed by atoms with Gasteiger partial charge in [-0.05, 0) is 36.8 Å². The van der Waals surface area contributed by atoms with Crippen molar-refractivity contribution < 1.29 is 4.79 Å². The highest BCUT2D eigenvalue weighted by Gasteiger charge is 2.36. The van der Waals surface area contributed by atoms with Gasteiger partial charge >= 0.3 is 0 Å². The zero-order valence-electron chi connectivity index (χ0n) is 15.6. The third-order valence-corrected chi connectivity index (χ3v) is 5.95. The molecule has 4 nitrogen and oxygen atoms in total. The summed E-state index contributed by atoms with van der Waals surface area (Å²) in [6, 6.07) is 23.7. The molecule has 2 aromatic carbocycles. The van der Waals surface area contributed by atoms with Crippen LogP contribution in [-0.2, 0) is 23.2 Å². The average Bonchev–Trinajstić information content (AvgIpc) is 3.15. The highest BCUT2D eigenvalue weighted by Crippen LogP contribution is 2.32. The first-order valence-electron chi connectivity index (χ1n) is 9.23. The van der Waals surface area contributed by atoms with E-state index in [9.17, 15) is 4.79 Å². The third kappa shape index (κ3) is 3.80. The van der Waals surface area contributed by atoms with Gasteiger partial charge in [-0.1, -0.05) is 48.5 Å². The number of hydrogen-bond acceptors (Lipinski definition) is 4. The molecule has 2 heterocycles. The second-order valence-electron chi connectivity index (χ2n) is 6.95. The van der Waals surface area contributed by atoms with Gasteiger partial charge in [0.05, 0.1) is 32.9 Å². The van der Waals surface area contributed by atoms with Crippen LogP contribution in [0.1, 0.15) is 23.2 Å². The summed E-state index contributed by atoms with van der Waals surface area (Å²) in [5, 5.41) is 4.03. The van der Waals surface area contributed by atoms with Crippen LogP contribution in [-0.4, -0.2) is 15.9 Å². The number of nitrogens with zero attached hydrogens (tertiary/aromatic N) is 2. The molecule has 4 aromatic rings. The molecule has 0 radical (unpaired) electrons. The maximum absolute atomic E-state index is 13.3. The Kier molecular flexibility index (Phi) is 5.17. The number of hydrogen-bond donors (Lipinski definition) is 1. The van der Waals surface area contributed by atoms with Gasteiger partial charge in [-0.25, -0.2) is 4.98 Å². The molecule has 4 rings (SSSR count). The van der Waals surface area contributed by atoms with Crippen LogP contribution in [0.3, 0.4) is 0 Å². The van der Waals surface area contributed by atoms with Crippen molar-refractivity contribution in [2.24, 2.45) is 0 Å². The number of pyridine rings is 1. The van der Waals surface area contributed by atoms with Gasteiger partial charge in [0.25, 0.3) is 0 Å². The van der Waals surface area contributed by atoms with Gasteiger partial charge in [0.1, 0.15) is 0 Å². The lowest BCUT2D eigenvalue weighted by atomic mass is 9.78. The molecule has 0 saturated heterocycles. The summed E-state index contributed by atoms with van der Waals surface area (Å²) in [5.41, 5.74) is 2.08. The lowest BCUT2D eigenvalue weighted by molar-refractivity contribution is -0.126. The maximum Gasteiger partial charge on any atom is 0.231 e. The molecule has 0 saturated carbocycles. The van der Waals surface area contributed by atoms with E-state index in [1.54, 1.807) is 17.5 Å². The Balaban J connectivity index is 1.63. The second kappa shape index (κ2) is 7.90. The van der Waals surface area contributed by atoms with Crippen molar-refractivity contribution in [3.05, 3.63) is 95.3 Å². The van der Waals surface area contributed by atoms with E-state index in [-0.39, 0.29) is 5.91 Å². The van der Waals surface area contributed by atoms with Gasteiger partial charge in [-0.3, -0.25) is 9.78 Å². The van der Waals surface area contributed by atoms with Crippen LogP contribution in [0.15, 0.2) is 79.0 Å². The molecule has 1 atom stereocenters. The number of nitrogens with one attached hydrogen (secondary N) is 1. The minimum absolute atomic E-state index is 0.0244. The summed E-state index contributed by atoms with van der Waals surface area (Å²) in [6.45, 7) is 2.39. The summed E-state index contributed by atoms with van der Waals surface area (Å²) >= 11 is 1.65. The normalized spacial score (nSPS) is 13.2. The van der Waals surface area contributed by atoms with Crippen molar-refractivity contribution in [2.45, 2.75) is 25.3 Å². The molecule has 0 spiro atoms. The summed E-state index contributed by atoms with van der Waals surface area (Å²) in [5.74, 6) is -0.0244. The molecule has 28 heavy (non-hydrogen) atoms. The van der Waals surface area contributed by atoms with E-state index in [4.69, 9.17) is 4.98 Å². The second-order valence-corrected chi connectivity index (χ2v) is 8.07. The molecule has 0 aliphatic carbocycles. The Morgan fingerprint density at radius 1 is 1.00 bits per heavy atom. The van der Waals surface area contributed by atoms with E-state index in [1.165, 1.54) is 0 Å². The van der Waals surface area contributed by atoms with E-state index < -0.39 is 5.41 Å². The number of carbonyl (C=O) groups is 1. The van der Waals surface area contributed by atoms with Crippen molar-refractivity contribution >= 4 is 27.5 Å². The van der Waals surface area contributed by atoms with Gasteiger partial charge in [-0.15, -0.1) is 11.3 Å². The van der Waals surface area contributed by atoms with Gasteiger partial charge in [0.15, 0.2) is 0 Å². The Morgan fingerprint density at radius 3 is 2.50 bits per heavy atom. The van der Waals surface area contributed by atoms with Crippen LogP contribution in [0.5, 0.6) is 0 Å². The average molecular weight is 388 g/mol. The van der Waals surface area contributed by atoms with E-state index in [0.29, 0.717) is 13.0 Å². The smallest absolute Gasteiger partial charge is 0.231 e. The van der Waals surface area contributed by atoms with Crippen LogP contribution in [0.4, 0.5) is 0 Å². The van der Waals surface area contributed by atoms with E-state index in [1.807, 2.05) is 73.7 Å². The molecule has 0 unspecified atom stereocenters. The van der Waals surface area contributed by atoms with Gasteiger partial charge in [-0.2, -0.15) is 0 Å². The highest BCUT2D eigenvalue weighted by atomic mass is 32.1. The van der Waals surface area contributed by atoms with Crippen LogP contribution in [0, 0.1) is 0 Å². The first-order chi connectivity index (χ1) is 13.6. The zero-order valence-corrected chi connectivity index (χ0v) is 16.4. The molecule has 0 fully saturated rings. The minimum Gasteiger partial charge on any atom is -0.350 e. The number of thiazole rings is 1. The van der Waals surface area contributed by atoms with E-state index in [2.05, 4.69) is 16.4 Å². The van der Waals surface area contributed by atoms with Crippen molar-refractivity contribution in [2.75, 3.05) is 0 Å². The minimum atomic E-state index is -0.718. The molecular weight excluding hydrogens is 366 g/mol. The van der Waals surface area contributed by atoms with Crippen molar-refractivity contribution in [3.63, 3.8) is 0 Å². The molecule has 0 bridgehead atoms. The standard InChI is InChI=1S/C23H21N3OS/c1-23(17-9-3-2-4-10-17,22(27)25-16-18-11-7-8-14-24-18)15-21-26-19-12-5-6-13-20(19)28-21/h2-14H,15-16H2,1H3,(H,25,27)/t23-/m0/s1. The lowest BCUT2D eigenvalue weighted by Gasteiger charge is -2.28. The maximum atomic E-state index is 13.3. The molecule has 140 valence electrons. The molecule has 0 aliphatic heterocycles. The Bertz CT molecular complexity index is 1050. The Labute approximate surface area is 168 Å². The quantitative estimate of drug-likeness (QED) is 0.530. The third-order valence-electron chi connectivity index (χ3n) is 4.91. The van der Waals surface area contributed by atoms with Crippen molar-refractivity contribution in [1.82, 2.24) is 15.3 Å². The van der Waals surface area contributed by atoms with Gasteiger partial charge in [0, 0.05) is 12.6 Å². The Morgan fingerprint density at radius 2 is 1.75 bits per heavy atom. The summed E-state index contributed by atoms with van der Waals surface area (Å²) < 4.78 is 1.14. The van der Waals surface area contributed by atoms with Crippen LogP contribution in [0.25, 0.3) is 10.2 Å². The van der Waals surface area contributed by atoms with Gasteiger partial charge in [0.2, 0.25) is 5.91 Å². The number of amides is 1. The van der Waals surface area contributed by atoms with Gasteiger partial charge < -0.3 is 5.32 Å². The summed E-state index contributed by atoms with van der Waals surface area (Å²) in [6.07, 6.45) is 2.28. The first-order valence-corrected chi connectivity index (χ1v) is 10.0. The fourth-order valence-corrected chi connectivity index (χ4v) is 4.41. The van der Waals surface area contributed by atoms with Crippen LogP contribution >= 0.6 is 11.3 Å². The number of aromatic nitrogens is 2. The number of rotatable bonds is 6. The molecule has 5 heteroatoms. The van der Waals surface area contributed by atoms with E-state index in [0.717, 1.165) is 26.5 Å². The molecule has 2 aromatic heterocycles. The van der Waals surface area contributed by atoms with Crippen LogP contribution in [0.2, 0.25) is 0 Å². The summed E-state index contributed by atoms with van der Waals surface area (Å²) in [7, 11) is 0. The van der Waals surface area contributed by atoms with Crippen molar-refractivity contribution in [3.8, 4) is 0 Å². The van der Waals surface area contributed by atoms with E-state index >= 15 is 0 Å². The largest absolute Gasteiger partial charge is 0.350 e. The SMILES string of the molecule is C[C@@](Cc1nc2ccccc2s1)(C(=O)NCc1ccccn1)c1ccccc1. The monoisotopic (exact) mass is 387 g/mol. The number of benzene rings is 2.